The Balaban J connectivity index is 2.11. The third-order valence-electron chi connectivity index (χ3n) is 3.27. The predicted molar refractivity (Wildman–Crippen MR) is 69.0 cm³/mol. The molecule has 110 valence electrons. The molecule has 2 N–H and O–H groups in total. The Labute approximate surface area is 116 Å². The molecule has 1 aliphatic heterocycles. The van der Waals surface area contributed by atoms with E-state index < -0.39 is 36.7 Å². The summed E-state index contributed by atoms with van der Waals surface area (Å²) in [5, 5.41) is 20.0. The van der Waals surface area contributed by atoms with E-state index in [9.17, 15) is 15.0 Å². The molecule has 1 aliphatic rings. The number of ether oxygens (including phenoxy) is 3. The van der Waals surface area contributed by atoms with Crippen molar-refractivity contribution in [3.05, 3.63) is 35.9 Å². The molecule has 1 aromatic rings. The minimum atomic E-state index is -1.25. The highest BCUT2D eigenvalue weighted by atomic mass is 16.7. The lowest BCUT2D eigenvalue weighted by molar-refractivity contribution is -0.285. The highest BCUT2D eigenvalue weighted by molar-refractivity contribution is 5.89. The summed E-state index contributed by atoms with van der Waals surface area (Å²) >= 11 is 0. The van der Waals surface area contributed by atoms with E-state index in [1.165, 1.54) is 7.11 Å². The van der Waals surface area contributed by atoms with Gasteiger partial charge in [0.2, 0.25) is 0 Å². The third kappa shape index (κ3) is 2.99. The number of methoxy groups -OCH3 is 1. The van der Waals surface area contributed by atoms with E-state index in [0.29, 0.717) is 5.56 Å². The number of aliphatic hydroxyl groups excluding tert-OH is 2. The van der Waals surface area contributed by atoms with E-state index in [-0.39, 0.29) is 0 Å². The average molecular weight is 282 g/mol. The van der Waals surface area contributed by atoms with Gasteiger partial charge in [-0.25, -0.2) is 4.79 Å². The number of hydrogen-bond acceptors (Lipinski definition) is 6. The Morgan fingerprint density at radius 3 is 2.45 bits per heavy atom. The minimum Gasteiger partial charge on any atom is -0.453 e. The van der Waals surface area contributed by atoms with Crippen molar-refractivity contribution in [1.29, 1.82) is 0 Å². The molecule has 0 bridgehead atoms. The standard InChI is InChI=1S/C14H18O6/c1-8-10(15)12(11(16)14(18-2)19-8)20-13(17)9-6-4-3-5-7-9/h3-8,10-12,14-16H,1-2H3/t8-,10+,11-,12+,14+/m0/s1. The van der Waals surface area contributed by atoms with E-state index in [1.54, 1.807) is 37.3 Å². The van der Waals surface area contributed by atoms with Crippen LogP contribution in [0.25, 0.3) is 0 Å². The maximum atomic E-state index is 12.0. The van der Waals surface area contributed by atoms with Crippen LogP contribution in [-0.4, -0.2) is 54.0 Å². The number of hydrogen-bond donors (Lipinski definition) is 2. The van der Waals surface area contributed by atoms with Gasteiger partial charge in [0.1, 0.15) is 12.2 Å². The molecule has 6 nitrogen and oxygen atoms in total. The molecular weight excluding hydrogens is 264 g/mol. The summed E-state index contributed by atoms with van der Waals surface area (Å²) in [6, 6.07) is 8.37. The van der Waals surface area contributed by atoms with Gasteiger partial charge in [0, 0.05) is 7.11 Å². The Bertz CT molecular complexity index is 448. The molecule has 0 saturated carbocycles. The second-order valence-corrected chi connectivity index (χ2v) is 4.66. The van der Waals surface area contributed by atoms with E-state index in [0.717, 1.165) is 0 Å². The largest absolute Gasteiger partial charge is 0.453 e. The Morgan fingerprint density at radius 2 is 1.85 bits per heavy atom. The van der Waals surface area contributed by atoms with Gasteiger partial charge in [-0.1, -0.05) is 18.2 Å². The molecule has 2 rings (SSSR count). The first-order chi connectivity index (χ1) is 9.54. The summed E-state index contributed by atoms with van der Waals surface area (Å²) in [7, 11) is 1.37. The SMILES string of the molecule is CO[C@@H]1O[C@@H](C)[C@@H](O)[C@@H](OC(=O)c2ccccc2)[C@@H]1O. The quantitative estimate of drug-likeness (QED) is 0.777. The number of benzene rings is 1. The van der Waals surface area contributed by atoms with Crippen LogP contribution in [0.5, 0.6) is 0 Å². The Hall–Kier alpha value is -1.47. The summed E-state index contributed by atoms with van der Waals surface area (Å²) in [5.41, 5.74) is 0.347. The molecule has 1 aromatic carbocycles. The first kappa shape index (κ1) is 14.9. The van der Waals surface area contributed by atoms with Gasteiger partial charge in [-0.15, -0.1) is 0 Å². The first-order valence-corrected chi connectivity index (χ1v) is 6.35. The molecule has 1 fully saturated rings. The Kier molecular flexibility index (Phi) is 4.72. The lowest BCUT2D eigenvalue weighted by atomic mass is 9.99. The van der Waals surface area contributed by atoms with Crippen LogP contribution in [0.15, 0.2) is 30.3 Å². The first-order valence-electron chi connectivity index (χ1n) is 6.35. The minimum absolute atomic E-state index is 0.347. The van der Waals surface area contributed by atoms with E-state index in [4.69, 9.17) is 14.2 Å². The Morgan fingerprint density at radius 1 is 1.20 bits per heavy atom. The van der Waals surface area contributed by atoms with E-state index in [2.05, 4.69) is 0 Å². The van der Waals surface area contributed by atoms with Crippen molar-refractivity contribution in [2.24, 2.45) is 0 Å². The van der Waals surface area contributed by atoms with E-state index >= 15 is 0 Å². The van der Waals surface area contributed by atoms with Crippen LogP contribution in [0.3, 0.4) is 0 Å². The van der Waals surface area contributed by atoms with Crippen LogP contribution >= 0.6 is 0 Å². The summed E-state index contributed by atoms with van der Waals surface area (Å²) in [6.45, 7) is 1.62. The van der Waals surface area contributed by atoms with Crippen molar-refractivity contribution in [2.45, 2.75) is 37.6 Å². The van der Waals surface area contributed by atoms with Gasteiger partial charge in [0.05, 0.1) is 11.7 Å². The van der Waals surface area contributed by atoms with Crippen LogP contribution in [0, 0.1) is 0 Å². The molecule has 0 unspecified atom stereocenters. The van der Waals surface area contributed by atoms with Crippen molar-refractivity contribution < 1.29 is 29.2 Å². The molecule has 0 aliphatic carbocycles. The summed E-state index contributed by atoms with van der Waals surface area (Å²) in [5.74, 6) is -0.613. The zero-order chi connectivity index (χ0) is 14.7. The normalized spacial score (nSPS) is 33.7. The topological polar surface area (TPSA) is 85.2 Å². The molecule has 1 heterocycles. The van der Waals surface area contributed by atoms with Gasteiger partial charge < -0.3 is 24.4 Å². The fraction of sp³-hybridized carbons (Fsp3) is 0.500. The lowest BCUT2D eigenvalue weighted by Gasteiger charge is -2.40. The molecule has 0 amide bonds. The van der Waals surface area contributed by atoms with Gasteiger partial charge in [-0.2, -0.15) is 0 Å². The monoisotopic (exact) mass is 282 g/mol. The molecule has 5 atom stereocenters. The molecule has 20 heavy (non-hydrogen) atoms. The van der Waals surface area contributed by atoms with Crippen molar-refractivity contribution in [2.75, 3.05) is 7.11 Å². The second-order valence-electron chi connectivity index (χ2n) is 4.66. The van der Waals surface area contributed by atoms with Gasteiger partial charge in [-0.3, -0.25) is 0 Å². The number of rotatable bonds is 3. The molecule has 1 saturated heterocycles. The number of carbonyl (C=O) groups is 1. The zero-order valence-corrected chi connectivity index (χ0v) is 11.3. The van der Waals surface area contributed by atoms with Crippen molar-refractivity contribution in [3.8, 4) is 0 Å². The predicted octanol–water partition coefficient (Wildman–Crippen LogP) is 0.325. The highest BCUT2D eigenvalue weighted by Gasteiger charge is 2.45. The van der Waals surface area contributed by atoms with Crippen LogP contribution in [0.2, 0.25) is 0 Å². The van der Waals surface area contributed by atoms with Gasteiger partial charge in [-0.05, 0) is 19.1 Å². The number of carbonyl (C=O) groups excluding carboxylic acids is 1. The van der Waals surface area contributed by atoms with Gasteiger partial charge >= 0.3 is 5.97 Å². The van der Waals surface area contributed by atoms with E-state index in [1.807, 2.05) is 0 Å². The second kappa shape index (κ2) is 6.32. The van der Waals surface area contributed by atoms with Crippen molar-refractivity contribution in [3.63, 3.8) is 0 Å². The molecule has 0 radical (unpaired) electrons. The molecule has 0 aromatic heterocycles. The highest BCUT2D eigenvalue weighted by Crippen LogP contribution is 2.24. The van der Waals surface area contributed by atoms with Gasteiger partial charge in [0.15, 0.2) is 12.4 Å². The maximum absolute atomic E-state index is 12.0. The maximum Gasteiger partial charge on any atom is 0.338 e. The summed E-state index contributed by atoms with van der Waals surface area (Å²) in [6.07, 6.45) is -5.03. The average Bonchev–Trinajstić information content (AvgIpc) is 2.48. The number of esters is 1. The summed E-state index contributed by atoms with van der Waals surface area (Å²) in [4.78, 5) is 12.0. The van der Waals surface area contributed by atoms with Crippen LogP contribution in [-0.2, 0) is 14.2 Å². The lowest BCUT2D eigenvalue weighted by Crippen LogP contribution is -2.58. The molecular formula is C14H18O6. The van der Waals surface area contributed by atoms with Crippen molar-refractivity contribution >= 4 is 5.97 Å². The molecule has 0 spiro atoms. The smallest absolute Gasteiger partial charge is 0.338 e. The zero-order valence-electron chi connectivity index (χ0n) is 11.3. The summed E-state index contributed by atoms with van der Waals surface area (Å²) < 4.78 is 15.4. The van der Waals surface area contributed by atoms with Gasteiger partial charge in [0.25, 0.3) is 0 Å². The van der Waals surface area contributed by atoms with Crippen LogP contribution in [0.4, 0.5) is 0 Å². The fourth-order valence-corrected chi connectivity index (χ4v) is 2.10. The van der Waals surface area contributed by atoms with Crippen LogP contribution < -0.4 is 0 Å². The van der Waals surface area contributed by atoms with Crippen LogP contribution in [0.1, 0.15) is 17.3 Å². The third-order valence-corrected chi connectivity index (χ3v) is 3.27. The molecule has 6 heteroatoms. The fourth-order valence-electron chi connectivity index (χ4n) is 2.10. The van der Waals surface area contributed by atoms with Crippen molar-refractivity contribution in [1.82, 2.24) is 0 Å². The number of aliphatic hydroxyl groups is 2.